The van der Waals surface area contributed by atoms with Crippen LogP contribution in [0.15, 0.2) is 48.0 Å². The number of carboxylic acids is 1. The lowest BCUT2D eigenvalue weighted by atomic mass is 9.87. The van der Waals surface area contributed by atoms with Gasteiger partial charge >= 0.3 is 5.97 Å². The van der Waals surface area contributed by atoms with E-state index in [-0.39, 0.29) is 41.3 Å². The van der Waals surface area contributed by atoms with Gasteiger partial charge in [0.25, 0.3) is 0 Å². The van der Waals surface area contributed by atoms with Crippen LogP contribution in [-0.4, -0.2) is 27.7 Å². The molecule has 0 aromatic heterocycles. The van der Waals surface area contributed by atoms with Crippen molar-refractivity contribution in [3.63, 3.8) is 0 Å². The van der Waals surface area contributed by atoms with Gasteiger partial charge in [0, 0.05) is 18.4 Å². The topological polar surface area (TPSA) is 91.7 Å². The fourth-order valence-corrected chi connectivity index (χ4v) is 2.69. The molecule has 0 aliphatic heterocycles. The van der Waals surface area contributed by atoms with E-state index in [1.54, 1.807) is 24.3 Å². The lowest BCUT2D eigenvalue weighted by Crippen LogP contribution is -2.20. The van der Waals surface area contributed by atoms with Crippen LogP contribution in [0.1, 0.15) is 27.0 Å². The summed E-state index contributed by atoms with van der Waals surface area (Å²) < 4.78 is 0. The minimum atomic E-state index is -1.03. The highest BCUT2D eigenvalue weighted by atomic mass is 16.4. The quantitative estimate of drug-likeness (QED) is 0.843. The summed E-state index contributed by atoms with van der Waals surface area (Å²) in [5.74, 6) is -1.63. The summed E-state index contributed by atoms with van der Waals surface area (Å²) in [5, 5.41) is 18.7. The largest absolute Gasteiger partial charge is 0.508 e. The number of phenols is 1. The van der Waals surface area contributed by atoms with Gasteiger partial charge in [0.15, 0.2) is 11.6 Å². The Labute approximate surface area is 137 Å². The van der Waals surface area contributed by atoms with E-state index in [4.69, 9.17) is 5.11 Å². The molecule has 5 heteroatoms. The van der Waals surface area contributed by atoms with Crippen LogP contribution in [0.4, 0.5) is 0 Å². The van der Waals surface area contributed by atoms with Gasteiger partial charge in [0.05, 0.1) is 11.1 Å². The van der Waals surface area contributed by atoms with E-state index in [1.807, 2.05) is 0 Å². The van der Waals surface area contributed by atoms with Gasteiger partial charge in [-0.05, 0) is 35.4 Å². The second-order valence-corrected chi connectivity index (χ2v) is 5.60. The summed E-state index contributed by atoms with van der Waals surface area (Å²) >= 11 is 0. The highest BCUT2D eigenvalue weighted by Crippen LogP contribution is 2.29. The second-order valence-electron chi connectivity index (χ2n) is 5.60. The van der Waals surface area contributed by atoms with E-state index in [9.17, 15) is 19.5 Å². The SMILES string of the molecule is O=C(Cc1ccc(C(=O)O)cc1)C1=Cc2cccc(O)c2CC1=O. The van der Waals surface area contributed by atoms with Gasteiger partial charge in [-0.25, -0.2) is 4.79 Å². The van der Waals surface area contributed by atoms with Crippen LogP contribution in [-0.2, 0) is 22.4 Å². The molecule has 5 nitrogen and oxygen atoms in total. The number of fused-ring (bicyclic) bond motifs is 1. The zero-order valence-corrected chi connectivity index (χ0v) is 12.7. The molecule has 0 spiro atoms. The van der Waals surface area contributed by atoms with Crippen molar-refractivity contribution in [2.75, 3.05) is 0 Å². The van der Waals surface area contributed by atoms with Gasteiger partial charge in [-0.15, -0.1) is 0 Å². The molecule has 24 heavy (non-hydrogen) atoms. The molecule has 0 fully saturated rings. The van der Waals surface area contributed by atoms with Crippen molar-refractivity contribution in [2.45, 2.75) is 12.8 Å². The third-order valence-electron chi connectivity index (χ3n) is 3.99. The van der Waals surface area contributed by atoms with E-state index in [1.165, 1.54) is 24.3 Å². The van der Waals surface area contributed by atoms with Gasteiger partial charge in [-0.2, -0.15) is 0 Å². The van der Waals surface area contributed by atoms with Crippen molar-refractivity contribution >= 4 is 23.6 Å². The molecule has 1 aliphatic carbocycles. The smallest absolute Gasteiger partial charge is 0.335 e. The maximum Gasteiger partial charge on any atom is 0.335 e. The molecule has 2 aromatic rings. The van der Waals surface area contributed by atoms with Crippen LogP contribution in [0.3, 0.4) is 0 Å². The van der Waals surface area contributed by atoms with Crippen LogP contribution in [0, 0.1) is 0 Å². The molecule has 0 saturated heterocycles. The number of hydrogen-bond donors (Lipinski definition) is 2. The average molecular weight is 322 g/mol. The minimum absolute atomic E-state index is 0.00245. The third-order valence-corrected chi connectivity index (χ3v) is 3.99. The molecule has 3 rings (SSSR count). The normalized spacial score (nSPS) is 13.2. The number of carbonyl (C=O) groups excluding carboxylic acids is 2. The number of aromatic hydroxyl groups is 1. The molecule has 0 amide bonds. The third kappa shape index (κ3) is 2.96. The Morgan fingerprint density at radius 3 is 2.42 bits per heavy atom. The number of rotatable bonds is 4. The lowest BCUT2D eigenvalue weighted by molar-refractivity contribution is -0.120. The standard InChI is InChI=1S/C19H14O5/c20-16-3-1-2-13-9-15(18(22)10-14(13)16)17(21)8-11-4-6-12(7-5-11)19(23)24/h1-7,9,20H,8,10H2,(H,23,24). The Hall–Kier alpha value is -3.21. The molecule has 0 saturated carbocycles. The minimum Gasteiger partial charge on any atom is -0.508 e. The van der Waals surface area contributed by atoms with Gasteiger partial charge in [0.2, 0.25) is 0 Å². The highest BCUT2D eigenvalue weighted by molar-refractivity contribution is 6.25. The number of allylic oxidation sites excluding steroid dienone is 1. The van der Waals surface area contributed by atoms with E-state index >= 15 is 0 Å². The Morgan fingerprint density at radius 2 is 1.75 bits per heavy atom. The Kier molecular flexibility index (Phi) is 4.00. The average Bonchev–Trinajstić information content (AvgIpc) is 2.55. The van der Waals surface area contributed by atoms with Crippen molar-refractivity contribution < 1.29 is 24.6 Å². The lowest BCUT2D eigenvalue weighted by Gasteiger charge is -2.16. The van der Waals surface area contributed by atoms with Crippen molar-refractivity contribution in [2.24, 2.45) is 0 Å². The number of phenolic OH excluding ortho intramolecular Hbond substituents is 1. The molecule has 0 unspecified atom stereocenters. The number of carboxylic acid groups (broad SMARTS) is 1. The zero-order chi connectivity index (χ0) is 17.3. The number of aromatic carboxylic acids is 1. The summed E-state index contributed by atoms with van der Waals surface area (Å²) in [6.45, 7) is 0. The van der Waals surface area contributed by atoms with Crippen LogP contribution >= 0.6 is 0 Å². The first-order valence-electron chi connectivity index (χ1n) is 7.37. The Bertz CT molecular complexity index is 875. The van der Waals surface area contributed by atoms with Gasteiger partial charge in [-0.3, -0.25) is 9.59 Å². The molecule has 1 aliphatic rings. The fraction of sp³-hybridized carbons (Fsp3) is 0.105. The molecule has 2 N–H and O–H groups in total. The Balaban J connectivity index is 1.84. The van der Waals surface area contributed by atoms with E-state index in [0.29, 0.717) is 16.7 Å². The van der Waals surface area contributed by atoms with Crippen molar-refractivity contribution in [1.82, 2.24) is 0 Å². The Morgan fingerprint density at radius 1 is 1.04 bits per heavy atom. The number of hydrogen-bond acceptors (Lipinski definition) is 4. The molecule has 0 heterocycles. The number of ketones is 2. The van der Waals surface area contributed by atoms with E-state index in [2.05, 4.69) is 0 Å². The fourth-order valence-electron chi connectivity index (χ4n) is 2.69. The maximum absolute atomic E-state index is 12.4. The first kappa shape index (κ1) is 15.7. The number of Topliss-reactive ketones (excluding diaryl/α,β-unsaturated/α-hetero) is 2. The van der Waals surface area contributed by atoms with Crippen LogP contribution in [0.25, 0.3) is 6.08 Å². The van der Waals surface area contributed by atoms with Crippen molar-refractivity contribution in [1.29, 1.82) is 0 Å². The van der Waals surface area contributed by atoms with Crippen molar-refractivity contribution in [3.8, 4) is 5.75 Å². The predicted octanol–water partition coefficient (Wildman–Crippen LogP) is 2.41. The number of benzene rings is 2. The summed E-state index contributed by atoms with van der Waals surface area (Å²) in [6, 6.07) is 10.9. The van der Waals surface area contributed by atoms with Gasteiger partial charge in [-0.1, -0.05) is 24.3 Å². The van der Waals surface area contributed by atoms with Gasteiger partial charge < -0.3 is 10.2 Å². The van der Waals surface area contributed by atoms with Gasteiger partial charge in [0.1, 0.15) is 5.75 Å². The van der Waals surface area contributed by atoms with Crippen LogP contribution < -0.4 is 0 Å². The van der Waals surface area contributed by atoms with E-state index in [0.717, 1.165) is 0 Å². The number of carbonyl (C=O) groups is 3. The first-order valence-corrected chi connectivity index (χ1v) is 7.37. The second kappa shape index (κ2) is 6.12. The molecule has 0 atom stereocenters. The molecule has 0 bridgehead atoms. The summed E-state index contributed by atoms with van der Waals surface area (Å²) in [5.41, 5.74) is 2.09. The summed E-state index contributed by atoms with van der Waals surface area (Å²) in [7, 11) is 0. The monoisotopic (exact) mass is 322 g/mol. The zero-order valence-electron chi connectivity index (χ0n) is 12.7. The van der Waals surface area contributed by atoms with Crippen LogP contribution in [0.2, 0.25) is 0 Å². The maximum atomic E-state index is 12.4. The molecule has 2 aromatic carbocycles. The van der Waals surface area contributed by atoms with Crippen LogP contribution in [0.5, 0.6) is 5.75 Å². The molecular formula is C19H14O5. The molecular weight excluding hydrogens is 308 g/mol. The van der Waals surface area contributed by atoms with Crippen molar-refractivity contribution in [3.05, 3.63) is 70.3 Å². The predicted molar refractivity (Wildman–Crippen MR) is 86.9 cm³/mol. The summed E-state index contributed by atoms with van der Waals surface area (Å²) in [4.78, 5) is 35.5. The first-order chi connectivity index (χ1) is 11.5. The van der Waals surface area contributed by atoms with E-state index < -0.39 is 5.97 Å². The molecule has 120 valence electrons. The highest BCUT2D eigenvalue weighted by Gasteiger charge is 2.25. The molecule has 0 radical (unpaired) electrons. The summed E-state index contributed by atoms with van der Waals surface area (Å²) in [6.07, 6.45) is 1.53.